The van der Waals surface area contributed by atoms with Crippen molar-refractivity contribution in [2.24, 2.45) is 0 Å². The Bertz CT molecular complexity index is 842. The molecule has 5 nitrogen and oxygen atoms in total. The zero-order valence-electron chi connectivity index (χ0n) is 17.7. The molecule has 0 unspecified atom stereocenters. The van der Waals surface area contributed by atoms with Crippen molar-refractivity contribution in [2.75, 3.05) is 6.61 Å². The lowest BCUT2D eigenvalue weighted by Gasteiger charge is -2.35. The number of amides is 1. The SMILES string of the molecule is CCOC(=O)CCC(=O)N(Cc1cccn1Cc1cccc(Cl)c1)C1CCCCC1. The smallest absolute Gasteiger partial charge is 0.306 e. The Morgan fingerprint density at radius 3 is 2.67 bits per heavy atom. The summed E-state index contributed by atoms with van der Waals surface area (Å²) < 4.78 is 7.16. The number of halogens is 1. The van der Waals surface area contributed by atoms with Crippen LogP contribution in [0.2, 0.25) is 5.02 Å². The molecule has 0 radical (unpaired) electrons. The highest BCUT2D eigenvalue weighted by atomic mass is 35.5. The van der Waals surface area contributed by atoms with Crippen LogP contribution in [0.5, 0.6) is 0 Å². The number of nitrogens with zero attached hydrogens (tertiary/aromatic N) is 2. The average Bonchev–Trinajstić information content (AvgIpc) is 3.17. The van der Waals surface area contributed by atoms with E-state index < -0.39 is 0 Å². The molecular formula is C24H31ClN2O3. The van der Waals surface area contributed by atoms with E-state index in [1.165, 1.54) is 6.42 Å². The fraction of sp³-hybridized carbons (Fsp3) is 0.500. The van der Waals surface area contributed by atoms with Crippen molar-refractivity contribution < 1.29 is 14.3 Å². The largest absolute Gasteiger partial charge is 0.466 e. The Morgan fingerprint density at radius 1 is 1.13 bits per heavy atom. The lowest BCUT2D eigenvalue weighted by Crippen LogP contribution is -2.41. The van der Waals surface area contributed by atoms with Crippen molar-refractivity contribution in [3.05, 3.63) is 58.9 Å². The van der Waals surface area contributed by atoms with Gasteiger partial charge in [0.15, 0.2) is 0 Å². The molecule has 1 amide bonds. The zero-order valence-corrected chi connectivity index (χ0v) is 18.4. The van der Waals surface area contributed by atoms with Crippen LogP contribution in [0.25, 0.3) is 0 Å². The summed E-state index contributed by atoms with van der Waals surface area (Å²) in [6, 6.07) is 12.2. The molecule has 6 heteroatoms. The zero-order chi connectivity index (χ0) is 21.3. The predicted molar refractivity (Wildman–Crippen MR) is 118 cm³/mol. The number of esters is 1. The van der Waals surface area contributed by atoms with Gasteiger partial charge in [-0.25, -0.2) is 0 Å². The summed E-state index contributed by atoms with van der Waals surface area (Å²) in [5.74, 6) is -0.274. The summed E-state index contributed by atoms with van der Waals surface area (Å²) in [4.78, 5) is 26.8. The molecule has 0 N–H and O–H groups in total. The third-order valence-electron chi connectivity index (χ3n) is 5.68. The van der Waals surface area contributed by atoms with Gasteiger partial charge >= 0.3 is 5.97 Å². The van der Waals surface area contributed by atoms with Crippen LogP contribution in [0, 0.1) is 0 Å². The summed E-state index contributed by atoms with van der Waals surface area (Å²) >= 11 is 6.14. The molecular weight excluding hydrogens is 400 g/mol. The minimum Gasteiger partial charge on any atom is -0.466 e. The average molecular weight is 431 g/mol. The summed E-state index contributed by atoms with van der Waals surface area (Å²) in [7, 11) is 0. The van der Waals surface area contributed by atoms with Crippen molar-refractivity contribution in [1.29, 1.82) is 0 Å². The van der Waals surface area contributed by atoms with E-state index in [1.54, 1.807) is 6.92 Å². The van der Waals surface area contributed by atoms with Crippen molar-refractivity contribution in [3.8, 4) is 0 Å². The fourth-order valence-corrected chi connectivity index (χ4v) is 4.37. The van der Waals surface area contributed by atoms with Crippen LogP contribution < -0.4 is 0 Å². The topological polar surface area (TPSA) is 51.5 Å². The van der Waals surface area contributed by atoms with Crippen molar-refractivity contribution in [1.82, 2.24) is 9.47 Å². The highest BCUT2D eigenvalue weighted by Gasteiger charge is 2.26. The number of hydrogen-bond acceptors (Lipinski definition) is 3. The van der Waals surface area contributed by atoms with Crippen LogP contribution in [-0.2, 0) is 27.4 Å². The summed E-state index contributed by atoms with van der Waals surface area (Å²) in [5, 5.41) is 0.721. The quantitative estimate of drug-likeness (QED) is 0.514. The second-order valence-corrected chi connectivity index (χ2v) is 8.31. The van der Waals surface area contributed by atoms with E-state index in [4.69, 9.17) is 16.3 Å². The van der Waals surface area contributed by atoms with Crippen LogP contribution in [0.4, 0.5) is 0 Å². The molecule has 1 fully saturated rings. The van der Waals surface area contributed by atoms with Crippen LogP contribution in [0.1, 0.15) is 63.1 Å². The summed E-state index contributed by atoms with van der Waals surface area (Å²) in [6.45, 7) is 3.39. The van der Waals surface area contributed by atoms with Crippen molar-refractivity contribution in [2.45, 2.75) is 71.0 Å². The standard InChI is InChI=1S/C24H31ClN2O3/c1-2-30-24(29)14-13-23(28)27(21-10-4-3-5-11-21)18-22-12-7-15-26(22)17-19-8-6-9-20(25)16-19/h6-9,12,15-16,21H,2-5,10-11,13-14,17-18H2,1H3. The monoisotopic (exact) mass is 430 g/mol. The van der Waals surface area contributed by atoms with E-state index in [2.05, 4.69) is 16.7 Å². The fourth-order valence-electron chi connectivity index (χ4n) is 4.15. The van der Waals surface area contributed by atoms with Gasteiger partial charge < -0.3 is 14.2 Å². The van der Waals surface area contributed by atoms with Crippen LogP contribution in [0.15, 0.2) is 42.6 Å². The first-order valence-corrected chi connectivity index (χ1v) is 11.3. The Balaban J connectivity index is 1.72. The van der Waals surface area contributed by atoms with E-state index in [0.29, 0.717) is 19.7 Å². The maximum atomic E-state index is 13.1. The highest BCUT2D eigenvalue weighted by Crippen LogP contribution is 2.25. The third-order valence-corrected chi connectivity index (χ3v) is 5.92. The molecule has 0 saturated heterocycles. The second-order valence-electron chi connectivity index (χ2n) is 7.88. The van der Waals surface area contributed by atoms with Gasteiger partial charge in [0, 0.05) is 35.9 Å². The van der Waals surface area contributed by atoms with Gasteiger partial charge in [0.25, 0.3) is 0 Å². The number of carbonyl (C=O) groups excluding carboxylic acids is 2. The van der Waals surface area contributed by atoms with Crippen LogP contribution in [0.3, 0.4) is 0 Å². The summed E-state index contributed by atoms with van der Waals surface area (Å²) in [5.41, 5.74) is 2.21. The van der Waals surface area contributed by atoms with Gasteiger partial charge in [-0.3, -0.25) is 9.59 Å². The molecule has 30 heavy (non-hydrogen) atoms. The van der Waals surface area contributed by atoms with Gasteiger partial charge in [-0.2, -0.15) is 0 Å². The third kappa shape index (κ3) is 6.36. The van der Waals surface area contributed by atoms with E-state index in [9.17, 15) is 9.59 Å². The predicted octanol–water partition coefficient (Wildman–Crippen LogP) is 5.19. The van der Waals surface area contributed by atoms with E-state index in [1.807, 2.05) is 35.4 Å². The van der Waals surface area contributed by atoms with Crippen LogP contribution in [-0.4, -0.2) is 34.0 Å². The Hall–Kier alpha value is -2.27. The molecule has 0 spiro atoms. The summed E-state index contributed by atoms with van der Waals surface area (Å²) in [6.07, 6.45) is 7.96. The molecule has 0 aliphatic heterocycles. The molecule has 3 rings (SSSR count). The molecule has 1 aromatic heterocycles. The molecule has 1 saturated carbocycles. The maximum Gasteiger partial charge on any atom is 0.306 e. The number of benzene rings is 1. The van der Waals surface area contributed by atoms with Crippen LogP contribution >= 0.6 is 11.6 Å². The van der Waals surface area contributed by atoms with Crippen molar-refractivity contribution >= 4 is 23.5 Å². The maximum absolute atomic E-state index is 13.1. The first kappa shape index (κ1) is 22.4. The van der Waals surface area contributed by atoms with Gasteiger partial charge in [0.05, 0.1) is 19.6 Å². The first-order valence-electron chi connectivity index (χ1n) is 10.9. The van der Waals surface area contributed by atoms with Gasteiger partial charge in [-0.05, 0) is 49.6 Å². The minimum absolute atomic E-state index is 0.0328. The van der Waals surface area contributed by atoms with E-state index >= 15 is 0 Å². The molecule has 1 aliphatic carbocycles. The molecule has 1 heterocycles. The number of ether oxygens (including phenoxy) is 1. The van der Waals surface area contributed by atoms with Gasteiger partial charge in [-0.15, -0.1) is 0 Å². The second kappa shape index (κ2) is 11.2. The molecule has 1 aliphatic rings. The normalized spacial score (nSPS) is 14.5. The minimum atomic E-state index is -0.307. The number of hydrogen-bond donors (Lipinski definition) is 0. The Kier molecular flexibility index (Phi) is 8.38. The molecule has 2 aromatic rings. The molecule has 0 bridgehead atoms. The number of carbonyl (C=O) groups is 2. The van der Waals surface area contributed by atoms with E-state index in [-0.39, 0.29) is 30.8 Å². The molecule has 162 valence electrons. The van der Waals surface area contributed by atoms with E-state index in [0.717, 1.165) is 42.0 Å². The van der Waals surface area contributed by atoms with Gasteiger partial charge in [0.2, 0.25) is 5.91 Å². The van der Waals surface area contributed by atoms with Gasteiger partial charge in [-0.1, -0.05) is 43.0 Å². The number of rotatable bonds is 9. The Morgan fingerprint density at radius 2 is 1.93 bits per heavy atom. The Labute approximate surface area is 184 Å². The highest BCUT2D eigenvalue weighted by molar-refractivity contribution is 6.30. The molecule has 1 aromatic carbocycles. The van der Waals surface area contributed by atoms with Gasteiger partial charge in [0.1, 0.15) is 0 Å². The number of aromatic nitrogens is 1. The molecule has 0 atom stereocenters. The lowest BCUT2D eigenvalue weighted by atomic mass is 9.93. The first-order chi connectivity index (χ1) is 14.6. The lowest BCUT2D eigenvalue weighted by molar-refractivity contribution is -0.146. The van der Waals surface area contributed by atoms with Crippen molar-refractivity contribution in [3.63, 3.8) is 0 Å².